The van der Waals surface area contributed by atoms with Crippen LogP contribution in [0.1, 0.15) is 12.5 Å². The van der Waals surface area contributed by atoms with E-state index in [4.69, 9.17) is 0 Å². The average Bonchev–Trinajstić information content (AvgIpc) is 3.21. The number of carbonyl (C=O) groups excluding carboxylic acids is 2. The van der Waals surface area contributed by atoms with Crippen LogP contribution in [0.4, 0.5) is 4.39 Å². The van der Waals surface area contributed by atoms with Gasteiger partial charge in [0.25, 0.3) is 0 Å². The quantitative estimate of drug-likeness (QED) is 0.572. The number of halogens is 1. The number of piperazine rings is 1. The van der Waals surface area contributed by atoms with Crippen molar-refractivity contribution in [3.63, 3.8) is 0 Å². The Morgan fingerprint density at radius 2 is 1.73 bits per heavy atom. The molecule has 0 saturated carbocycles. The molecule has 4 rings (SSSR count). The lowest BCUT2D eigenvalue weighted by Gasteiger charge is -2.35. The molecule has 2 heterocycles. The van der Waals surface area contributed by atoms with Gasteiger partial charge >= 0.3 is 0 Å². The molecule has 2 N–H and O–H groups in total. The van der Waals surface area contributed by atoms with Crippen molar-refractivity contribution in [2.45, 2.75) is 24.3 Å². The van der Waals surface area contributed by atoms with Crippen LogP contribution in [0.15, 0.2) is 59.6 Å². The van der Waals surface area contributed by atoms with E-state index in [0.717, 1.165) is 28.6 Å². The number of para-hydroxylation sites is 1. The van der Waals surface area contributed by atoms with Gasteiger partial charge in [0.1, 0.15) is 11.9 Å². The molecule has 1 fully saturated rings. The minimum Gasteiger partial charge on any atom is -0.361 e. The largest absolute Gasteiger partial charge is 0.361 e. The van der Waals surface area contributed by atoms with E-state index in [1.54, 1.807) is 4.90 Å². The summed E-state index contributed by atoms with van der Waals surface area (Å²) in [6, 6.07) is 11.6. The summed E-state index contributed by atoms with van der Waals surface area (Å²) in [5.41, 5.74) is 1.86. The summed E-state index contributed by atoms with van der Waals surface area (Å²) in [6.45, 7) is 1.99. The van der Waals surface area contributed by atoms with Gasteiger partial charge in [-0.15, -0.1) is 0 Å². The summed E-state index contributed by atoms with van der Waals surface area (Å²) in [5.74, 6) is -1.08. The molecule has 1 aromatic heterocycles. The number of nitrogens with zero attached hydrogens (tertiary/aromatic N) is 2. The number of benzene rings is 2. The molecule has 0 spiro atoms. The predicted molar refractivity (Wildman–Crippen MR) is 121 cm³/mol. The Morgan fingerprint density at radius 3 is 2.39 bits per heavy atom. The van der Waals surface area contributed by atoms with E-state index in [-0.39, 0.29) is 42.9 Å². The van der Waals surface area contributed by atoms with Crippen molar-refractivity contribution < 1.29 is 22.4 Å². The predicted octanol–water partition coefficient (Wildman–Crippen LogP) is 1.89. The highest BCUT2D eigenvalue weighted by Gasteiger charge is 2.33. The van der Waals surface area contributed by atoms with Crippen molar-refractivity contribution in [3.8, 4) is 0 Å². The Balaban J connectivity index is 1.46. The van der Waals surface area contributed by atoms with Crippen LogP contribution in [0.5, 0.6) is 0 Å². The van der Waals surface area contributed by atoms with Crippen LogP contribution >= 0.6 is 0 Å². The smallest absolute Gasteiger partial charge is 0.245 e. The second kappa shape index (κ2) is 9.32. The molecule has 1 saturated heterocycles. The third-order valence-corrected chi connectivity index (χ3v) is 7.69. The minimum absolute atomic E-state index is 0.0131. The van der Waals surface area contributed by atoms with Crippen molar-refractivity contribution >= 4 is 32.7 Å². The summed E-state index contributed by atoms with van der Waals surface area (Å²) in [4.78, 5) is 29.8. The van der Waals surface area contributed by atoms with Crippen molar-refractivity contribution in [1.82, 2.24) is 19.5 Å². The third-order valence-electron chi connectivity index (χ3n) is 5.78. The van der Waals surface area contributed by atoms with Crippen molar-refractivity contribution in [2.75, 3.05) is 26.2 Å². The third kappa shape index (κ3) is 4.91. The Hall–Kier alpha value is -3.24. The van der Waals surface area contributed by atoms with E-state index in [9.17, 15) is 22.4 Å². The zero-order valence-electron chi connectivity index (χ0n) is 18.1. The number of carbonyl (C=O) groups is 2. The molecule has 3 aromatic rings. The van der Waals surface area contributed by atoms with Crippen LogP contribution in [0.25, 0.3) is 10.9 Å². The molecule has 0 aliphatic carbocycles. The van der Waals surface area contributed by atoms with Crippen molar-refractivity contribution in [3.05, 3.63) is 66.1 Å². The van der Waals surface area contributed by atoms with E-state index in [2.05, 4.69) is 10.3 Å². The number of H-pyrrole nitrogens is 1. The number of fused-ring (bicyclic) bond motifs is 1. The van der Waals surface area contributed by atoms with Gasteiger partial charge in [-0.3, -0.25) is 9.59 Å². The molecule has 1 atom stereocenters. The number of aromatic nitrogens is 1. The van der Waals surface area contributed by atoms with Crippen LogP contribution in [0.2, 0.25) is 0 Å². The molecule has 1 aliphatic rings. The number of sulfonamides is 1. The van der Waals surface area contributed by atoms with Gasteiger partial charge in [0.05, 0.1) is 4.90 Å². The van der Waals surface area contributed by atoms with E-state index < -0.39 is 21.9 Å². The number of hydrogen-bond acceptors (Lipinski definition) is 4. The molecular weight excluding hydrogens is 447 g/mol. The highest BCUT2D eigenvalue weighted by atomic mass is 32.2. The van der Waals surface area contributed by atoms with Gasteiger partial charge in [-0.2, -0.15) is 4.31 Å². The van der Waals surface area contributed by atoms with E-state index >= 15 is 0 Å². The lowest BCUT2D eigenvalue weighted by molar-refractivity contribution is -0.137. The van der Waals surface area contributed by atoms with E-state index in [1.165, 1.54) is 23.4 Å². The van der Waals surface area contributed by atoms with Crippen LogP contribution in [0.3, 0.4) is 0 Å². The van der Waals surface area contributed by atoms with Crippen LogP contribution in [-0.4, -0.2) is 66.6 Å². The molecule has 0 radical (unpaired) electrons. The van der Waals surface area contributed by atoms with Gasteiger partial charge in [-0.1, -0.05) is 18.2 Å². The lowest BCUT2D eigenvalue weighted by Crippen LogP contribution is -2.56. The minimum atomic E-state index is -3.78. The maximum absolute atomic E-state index is 13.3. The molecule has 10 heteroatoms. The first-order valence-corrected chi connectivity index (χ1v) is 12.1. The topological polar surface area (TPSA) is 103 Å². The first-order chi connectivity index (χ1) is 15.8. The maximum Gasteiger partial charge on any atom is 0.245 e. The molecule has 8 nitrogen and oxygen atoms in total. The lowest BCUT2D eigenvalue weighted by atomic mass is 10.0. The molecule has 33 heavy (non-hydrogen) atoms. The zero-order valence-corrected chi connectivity index (χ0v) is 18.9. The summed E-state index contributed by atoms with van der Waals surface area (Å²) in [7, 11) is -3.78. The summed E-state index contributed by atoms with van der Waals surface area (Å²) in [5, 5.41) is 3.72. The van der Waals surface area contributed by atoms with Gasteiger partial charge in [0.15, 0.2) is 0 Å². The van der Waals surface area contributed by atoms with Crippen molar-refractivity contribution in [1.29, 1.82) is 0 Å². The van der Waals surface area contributed by atoms with Crippen LogP contribution in [0, 0.1) is 5.82 Å². The normalized spacial score (nSPS) is 16.0. The van der Waals surface area contributed by atoms with Crippen LogP contribution in [-0.2, 0) is 26.0 Å². The SMILES string of the molecule is CC(=O)N[C@H](Cc1c[nH]c2ccccc12)C(=O)N1CCN(S(=O)(=O)c2ccc(F)cc2)CC1. The Morgan fingerprint density at radius 1 is 1.06 bits per heavy atom. The first-order valence-electron chi connectivity index (χ1n) is 10.6. The number of aromatic amines is 1. The fourth-order valence-corrected chi connectivity index (χ4v) is 5.51. The molecule has 0 bridgehead atoms. The Labute approximate surface area is 191 Å². The fraction of sp³-hybridized carbons (Fsp3) is 0.304. The van der Waals surface area contributed by atoms with Gasteiger partial charge < -0.3 is 15.2 Å². The van der Waals surface area contributed by atoms with E-state index in [0.29, 0.717) is 6.42 Å². The van der Waals surface area contributed by atoms with Gasteiger partial charge in [-0.05, 0) is 35.9 Å². The number of rotatable bonds is 6. The summed E-state index contributed by atoms with van der Waals surface area (Å²) < 4.78 is 40.1. The van der Waals surface area contributed by atoms with Gasteiger partial charge in [0, 0.05) is 56.6 Å². The summed E-state index contributed by atoms with van der Waals surface area (Å²) >= 11 is 0. The van der Waals surface area contributed by atoms with Crippen molar-refractivity contribution in [2.24, 2.45) is 0 Å². The monoisotopic (exact) mass is 472 g/mol. The maximum atomic E-state index is 13.3. The first kappa shape index (κ1) is 22.9. The van der Waals surface area contributed by atoms with Gasteiger partial charge in [0.2, 0.25) is 21.8 Å². The average molecular weight is 473 g/mol. The second-order valence-electron chi connectivity index (χ2n) is 8.00. The fourth-order valence-electron chi connectivity index (χ4n) is 4.09. The van der Waals surface area contributed by atoms with Gasteiger partial charge in [-0.25, -0.2) is 12.8 Å². The highest BCUT2D eigenvalue weighted by Crippen LogP contribution is 2.21. The number of amides is 2. The summed E-state index contributed by atoms with van der Waals surface area (Å²) in [6.07, 6.45) is 2.15. The highest BCUT2D eigenvalue weighted by molar-refractivity contribution is 7.89. The molecule has 174 valence electrons. The molecule has 2 aromatic carbocycles. The zero-order chi connectivity index (χ0) is 23.6. The second-order valence-corrected chi connectivity index (χ2v) is 9.94. The molecular formula is C23H25FN4O4S. The standard InChI is InChI=1S/C23H25FN4O4S/c1-16(29)26-22(14-17-15-25-21-5-3-2-4-20(17)21)23(30)27-10-12-28(13-11-27)33(31,32)19-8-6-18(24)7-9-19/h2-9,15,22,25H,10-14H2,1H3,(H,26,29)/t22-/m1/s1. The number of nitrogens with one attached hydrogen (secondary N) is 2. The number of hydrogen-bond donors (Lipinski definition) is 2. The molecule has 1 aliphatic heterocycles. The van der Waals surface area contributed by atoms with E-state index in [1.807, 2.05) is 30.5 Å². The Kier molecular flexibility index (Phi) is 6.48. The Bertz CT molecular complexity index is 1270. The molecule has 0 unspecified atom stereocenters. The molecule has 2 amide bonds. The van der Waals surface area contributed by atoms with Crippen LogP contribution < -0.4 is 5.32 Å².